The molecule has 0 aliphatic carbocycles. The van der Waals surface area contributed by atoms with Crippen LogP contribution in [0, 0.1) is 0 Å². The second kappa shape index (κ2) is 5.18. The van der Waals surface area contributed by atoms with Gasteiger partial charge in [0.25, 0.3) is 6.43 Å². The highest BCUT2D eigenvalue weighted by atomic mass is 79.9. The molecule has 0 amide bonds. The van der Waals surface area contributed by atoms with Gasteiger partial charge in [-0.15, -0.1) is 0 Å². The van der Waals surface area contributed by atoms with Gasteiger partial charge in [-0.05, 0) is 19.9 Å². The molecule has 0 bridgehead atoms. The Bertz CT molecular complexity index is 550. The Morgan fingerprint density at radius 2 is 1.89 bits per heavy atom. The van der Waals surface area contributed by atoms with Crippen LogP contribution in [0.2, 0.25) is 0 Å². The van der Waals surface area contributed by atoms with Crippen molar-refractivity contribution in [3.63, 3.8) is 0 Å². The summed E-state index contributed by atoms with van der Waals surface area (Å²) in [6.45, 7) is 3.82. The van der Waals surface area contributed by atoms with E-state index in [1.54, 1.807) is 10.7 Å². The molecule has 0 unspecified atom stereocenters. The first-order chi connectivity index (χ1) is 8.50. The summed E-state index contributed by atoms with van der Waals surface area (Å²) < 4.78 is 28.4. The maximum absolute atomic E-state index is 13.1. The van der Waals surface area contributed by atoms with E-state index < -0.39 is 6.43 Å². The van der Waals surface area contributed by atoms with Crippen LogP contribution in [-0.4, -0.2) is 9.78 Å². The molecule has 2 aromatic rings. The van der Waals surface area contributed by atoms with Gasteiger partial charge in [-0.25, -0.2) is 8.78 Å². The van der Waals surface area contributed by atoms with Crippen LogP contribution in [0.5, 0.6) is 0 Å². The average molecular weight is 315 g/mol. The molecule has 0 radical (unpaired) electrons. The third-order valence-corrected chi connectivity index (χ3v) is 3.34. The second-order valence-electron chi connectivity index (χ2n) is 4.29. The predicted molar refractivity (Wildman–Crippen MR) is 70.7 cm³/mol. The molecule has 0 saturated heterocycles. The monoisotopic (exact) mass is 314 g/mol. The van der Waals surface area contributed by atoms with Crippen molar-refractivity contribution in [3.05, 3.63) is 40.5 Å². The lowest BCUT2D eigenvalue weighted by Gasteiger charge is -2.04. The predicted octanol–water partition coefficient (Wildman–Crippen LogP) is 4.83. The summed E-state index contributed by atoms with van der Waals surface area (Å²) in [7, 11) is 0. The van der Waals surface area contributed by atoms with Gasteiger partial charge in [0.2, 0.25) is 0 Å². The van der Waals surface area contributed by atoms with Crippen molar-refractivity contribution in [2.75, 3.05) is 0 Å². The van der Waals surface area contributed by atoms with Gasteiger partial charge in [0.05, 0.1) is 5.56 Å². The molecule has 0 saturated carbocycles. The second-order valence-corrected chi connectivity index (χ2v) is 5.14. The minimum atomic E-state index is -2.53. The summed E-state index contributed by atoms with van der Waals surface area (Å²) >= 11 is 3.37. The number of alkyl halides is 2. The Morgan fingerprint density at radius 3 is 2.44 bits per heavy atom. The molecule has 5 heteroatoms. The highest BCUT2D eigenvalue weighted by Crippen LogP contribution is 2.34. The number of rotatable bonds is 3. The summed E-state index contributed by atoms with van der Waals surface area (Å²) in [6.07, 6.45) is -1.11. The molecule has 96 valence electrons. The van der Waals surface area contributed by atoms with Crippen molar-refractivity contribution in [1.82, 2.24) is 9.78 Å². The average Bonchev–Trinajstić information content (AvgIpc) is 2.74. The highest BCUT2D eigenvalue weighted by Gasteiger charge is 2.21. The Balaban J connectivity index is 2.59. The van der Waals surface area contributed by atoms with Crippen LogP contribution in [0.15, 0.2) is 34.9 Å². The van der Waals surface area contributed by atoms with Crippen LogP contribution in [0.25, 0.3) is 11.3 Å². The highest BCUT2D eigenvalue weighted by molar-refractivity contribution is 9.10. The summed E-state index contributed by atoms with van der Waals surface area (Å²) in [5, 5.41) is 4.27. The molecule has 0 spiro atoms. The first-order valence-electron chi connectivity index (χ1n) is 5.62. The summed E-state index contributed by atoms with van der Waals surface area (Å²) in [5.74, 6) is 0. The number of hydrogen-bond donors (Lipinski definition) is 0. The van der Waals surface area contributed by atoms with Crippen LogP contribution < -0.4 is 0 Å². The molecular weight excluding hydrogens is 302 g/mol. The maximum atomic E-state index is 13.1. The van der Waals surface area contributed by atoms with Crippen molar-refractivity contribution < 1.29 is 8.78 Å². The molecular formula is C13H13BrF2N2. The zero-order valence-electron chi connectivity index (χ0n) is 10.1. The molecule has 18 heavy (non-hydrogen) atoms. The first kappa shape index (κ1) is 13.2. The van der Waals surface area contributed by atoms with Crippen LogP contribution in [0.3, 0.4) is 0 Å². The van der Waals surface area contributed by atoms with Gasteiger partial charge < -0.3 is 0 Å². The lowest BCUT2D eigenvalue weighted by Crippen LogP contribution is -2.00. The fraction of sp³-hybridized carbons (Fsp3) is 0.308. The van der Waals surface area contributed by atoms with Gasteiger partial charge in [-0.2, -0.15) is 5.10 Å². The lowest BCUT2D eigenvalue weighted by molar-refractivity contribution is 0.152. The largest absolute Gasteiger partial charge is 0.269 e. The van der Waals surface area contributed by atoms with E-state index in [-0.39, 0.29) is 11.6 Å². The molecule has 0 aliphatic heterocycles. The zero-order chi connectivity index (χ0) is 13.3. The molecule has 0 fully saturated rings. The van der Waals surface area contributed by atoms with Gasteiger partial charge in [0, 0.05) is 22.3 Å². The zero-order valence-corrected chi connectivity index (χ0v) is 11.7. The Hall–Kier alpha value is -1.23. The summed E-state index contributed by atoms with van der Waals surface area (Å²) in [4.78, 5) is 0. The van der Waals surface area contributed by atoms with Crippen molar-refractivity contribution >= 4 is 15.9 Å². The number of aromatic nitrogens is 2. The fourth-order valence-corrected chi connectivity index (χ4v) is 2.17. The van der Waals surface area contributed by atoms with Crippen LogP contribution >= 0.6 is 15.9 Å². The van der Waals surface area contributed by atoms with Gasteiger partial charge in [0.15, 0.2) is 0 Å². The van der Waals surface area contributed by atoms with Crippen LogP contribution in [0.4, 0.5) is 8.78 Å². The number of benzene rings is 1. The number of halogens is 3. The van der Waals surface area contributed by atoms with Crippen LogP contribution in [-0.2, 0) is 0 Å². The van der Waals surface area contributed by atoms with Crippen LogP contribution in [0.1, 0.15) is 31.9 Å². The third kappa shape index (κ3) is 2.46. The van der Waals surface area contributed by atoms with Gasteiger partial charge in [0.1, 0.15) is 5.69 Å². The smallest absolute Gasteiger partial charge is 0.267 e. The Kier molecular flexibility index (Phi) is 3.80. The lowest BCUT2D eigenvalue weighted by atomic mass is 10.1. The summed E-state index contributed by atoms with van der Waals surface area (Å²) in [5.41, 5.74) is 0.994. The molecule has 0 atom stereocenters. The maximum Gasteiger partial charge on any atom is 0.267 e. The van der Waals surface area contributed by atoms with Crippen molar-refractivity contribution in [2.24, 2.45) is 0 Å². The van der Waals surface area contributed by atoms with E-state index in [0.717, 1.165) is 4.47 Å². The Labute approximate surface area is 113 Å². The molecule has 0 N–H and O–H groups in total. The minimum Gasteiger partial charge on any atom is -0.269 e. The van der Waals surface area contributed by atoms with E-state index in [1.807, 2.05) is 32.0 Å². The molecule has 2 nitrogen and oxygen atoms in total. The van der Waals surface area contributed by atoms with Gasteiger partial charge in [-0.1, -0.05) is 34.1 Å². The Morgan fingerprint density at radius 1 is 1.22 bits per heavy atom. The van der Waals surface area contributed by atoms with E-state index >= 15 is 0 Å². The topological polar surface area (TPSA) is 17.8 Å². The van der Waals surface area contributed by atoms with Crippen molar-refractivity contribution in [3.8, 4) is 11.3 Å². The SMILES string of the molecule is CC(C)n1cc(C(F)F)c(-c2ccccc2Br)n1. The third-order valence-electron chi connectivity index (χ3n) is 2.65. The molecule has 1 heterocycles. The van der Waals surface area contributed by atoms with E-state index in [1.165, 1.54) is 6.20 Å². The van der Waals surface area contributed by atoms with E-state index in [4.69, 9.17) is 0 Å². The van der Waals surface area contributed by atoms with Gasteiger partial charge >= 0.3 is 0 Å². The first-order valence-corrected chi connectivity index (χ1v) is 6.42. The fourth-order valence-electron chi connectivity index (χ4n) is 1.69. The van der Waals surface area contributed by atoms with Gasteiger partial charge in [-0.3, -0.25) is 4.68 Å². The van der Waals surface area contributed by atoms with Crippen molar-refractivity contribution in [1.29, 1.82) is 0 Å². The molecule has 2 rings (SSSR count). The minimum absolute atomic E-state index is 0.0319. The molecule has 0 aliphatic rings. The molecule has 1 aromatic heterocycles. The number of nitrogens with zero attached hydrogens (tertiary/aromatic N) is 2. The standard InChI is InChI=1S/C13H13BrF2N2/c1-8(2)18-7-10(13(15)16)12(17-18)9-5-3-4-6-11(9)14/h3-8,13H,1-2H3. The normalized spacial score (nSPS) is 11.5. The molecule has 1 aromatic carbocycles. The summed E-state index contributed by atoms with van der Waals surface area (Å²) in [6, 6.07) is 7.31. The van der Waals surface area contributed by atoms with E-state index in [2.05, 4.69) is 21.0 Å². The van der Waals surface area contributed by atoms with E-state index in [9.17, 15) is 8.78 Å². The quantitative estimate of drug-likeness (QED) is 0.793. The van der Waals surface area contributed by atoms with E-state index in [0.29, 0.717) is 11.3 Å². The van der Waals surface area contributed by atoms with Crippen molar-refractivity contribution in [2.45, 2.75) is 26.3 Å². The number of hydrogen-bond acceptors (Lipinski definition) is 1.